The van der Waals surface area contributed by atoms with Crippen molar-refractivity contribution in [2.24, 2.45) is 18.9 Å². The summed E-state index contributed by atoms with van der Waals surface area (Å²) in [5.74, 6) is -2.29. The zero-order valence-electron chi connectivity index (χ0n) is 10.4. The zero-order chi connectivity index (χ0) is 13.7. The summed E-state index contributed by atoms with van der Waals surface area (Å²) in [4.78, 5) is 36.7. The van der Waals surface area contributed by atoms with Gasteiger partial charge in [0.15, 0.2) is 5.82 Å². The number of anilines is 1. The number of carbonyl (C=O) groups is 3. The van der Waals surface area contributed by atoms with Crippen molar-refractivity contribution in [2.45, 2.75) is 19.3 Å². The third-order valence-electron chi connectivity index (χ3n) is 3.94. The number of rotatable bonds is 2. The van der Waals surface area contributed by atoms with Crippen LogP contribution in [0, 0.1) is 11.8 Å². The van der Waals surface area contributed by atoms with Crippen molar-refractivity contribution in [1.29, 1.82) is 0 Å². The van der Waals surface area contributed by atoms with E-state index in [-0.39, 0.29) is 35.0 Å². The van der Waals surface area contributed by atoms with Gasteiger partial charge >= 0.3 is 5.97 Å². The number of hydrogen-bond acceptors (Lipinski definition) is 4. The van der Waals surface area contributed by atoms with Gasteiger partial charge in [0.25, 0.3) is 0 Å². The average Bonchev–Trinajstić information content (AvgIpc) is 3.00. The normalized spacial score (nSPS) is 26.1. The molecule has 2 atom stereocenters. The molecule has 100 valence electrons. The molecule has 1 aliphatic carbocycles. The van der Waals surface area contributed by atoms with Gasteiger partial charge in [-0.3, -0.25) is 14.3 Å². The van der Waals surface area contributed by atoms with Gasteiger partial charge in [0.05, 0.1) is 18.0 Å². The molecule has 2 aliphatic rings. The predicted octanol–water partition coefficient (Wildman–Crippen LogP) is 0.408. The Morgan fingerprint density at radius 3 is 2.42 bits per heavy atom. The van der Waals surface area contributed by atoms with E-state index < -0.39 is 5.97 Å². The number of hydrogen-bond donors (Lipinski definition) is 1. The lowest BCUT2D eigenvalue weighted by Crippen LogP contribution is -2.34. The maximum absolute atomic E-state index is 12.3. The van der Waals surface area contributed by atoms with Crippen LogP contribution in [0.2, 0.25) is 0 Å². The van der Waals surface area contributed by atoms with Crippen molar-refractivity contribution in [1.82, 2.24) is 9.78 Å². The number of aromatic nitrogens is 2. The SMILES string of the molecule is Cn1ncc(C(=O)O)c1N1C(=O)C2CCCC2C1=O. The Labute approximate surface area is 108 Å². The summed E-state index contributed by atoms with van der Waals surface area (Å²) in [6, 6.07) is 0. The number of carbonyl (C=O) groups excluding carboxylic acids is 2. The highest BCUT2D eigenvalue weighted by Gasteiger charge is 2.51. The second kappa shape index (κ2) is 3.91. The van der Waals surface area contributed by atoms with E-state index in [2.05, 4.69) is 5.10 Å². The molecular formula is C12H13N3O4. The Kier molecular flexibility index (Phi) is 2.44. The summed E-state index contributed by atoms with van der Waals surface area (Å²) in [6.45, 7) is 0. The minimum absolute atomic E-state index is 0.0666. The van der Waals surface area contributed by atoms with Gasteiger partial charge in [0.2, 0.25) is 11.8 Å². The number of aromatic carboxylic acids is 1. The van der Waals surface area contributed by atoms with Gasteiger partial charge in [-0.05, 0) is 12.8 Å². The van der Waals surface area contributed by atoms with Gasteiger partial charge in [-0.2, -0.15) is 5.10 Å². The molecule has 0 spiro atoms. The van der Waals surface area contributed by atoms with Crippen molar-refractivity contribution in [2.75, 3.05) is 4.90 Å². The first-order valence-corrected chi connectivity index (χ1v) is 6.15. The summed E-state index contributed by atoms with van der Waals surface area (Å²) in [6.07, 6.45) is 3.43. The van der Waals surface area contributed by atoms with Gasteiger partial charge in [-0.15, -0.1) is 0 Å². The summed E-state index contributed by atoms with van der Waals surface area (Å²) in [5.41, 5.74) is -0.121. The Hall–Kier alpha value is -2.18. The largest absolute Gasteiger partial charge is 0.477 e. The fourth-order valence-electron chi connectivity index (χ4n) is 3.05. The van der Waals surface area contributed by atoms with Crippen molar-refractivity contribution in [3.05, 3.63) is 11.8 Å². The number of fused-ring (bicyclic) bond motifs is 1. The number of carboxylic acids is 1. The average molecular weight is 263 g/mol. The van der Waals surface area contributed by atoms with Crippen LogP contribution < -0.4 is 4.90 Å². The fraction of sp³-hybridized carbons (Fsp3) is 0.500. The van der Waals surface area contributed by atoms with Crippen molar-refractivity contribution >= 4 is 23.6 Å². The molecule has 2 heterocycles. The highest BCUT2D eigenvalue weighted by Crippen LogP contribution is 2.42. The second-order valence-corrected chi connectivity index (χ2v) is 4.97. The molecule has 1 saturated carbocycles. The molecule has 3 rings (SSSR count). The molecule has 0 bridgehead atoms. The smallest absolute Gasteiger partial charge is 0.341 e. The van der Waals surface area contributed by atoms with E-state index in [1.54, 1.807) is 0 Å². The number of imide groups is 1. The molecular weight excluding hydrogens is 250 g/mol. The first-order valence-electron chi connectivity index (χ1n) is 6.15. The van der Waals surface area contributed by atoms with Crippen LogP contribution in [0.3, 0.4) is 0 Å². The molecule has 7 heteroatoms. The van der Waals surface area contributed by atoms with E-state index in [9.17, 15) is 14.4 Å². The van der Waals surface area contributed by atoms with Crippen LogP contribution in [0.1, 0.15) is 29.6 Å². The molecule has 1 aromatic heterocycles. The van der Waals surface area contributed by atoms with Crippen molar-refractivity contribution < 1.29 is 19.5 Å². The van der Waals surface area contributed by atoms with Gasteiger partial charge in [0, 0.05) is 7.05 Å². The minimum Gasteiger partial charge on any atom is -0.477 e. The molecule has 7 nitrogen and oxygen atoms in total. The van der Waals surface area contributed by atoms with Crippen molar-refractivity contribution in [3.8, 4) is 0 Å². The lowest BCUT2D eigenvalue weighted by Gasteiger charge is -2.16. The first-order chi connectivity index (χ1) is 9.02. The van der Waals surface area contributed by atoms with Gasteiger partial charge in [-0.1, -0.05) is 6.42 Å². The van der Waals surface area contributed by atoms with E-state index in [1.165, 1.54) is 11.7 Å². The van der Waals surface area contributed by atoms with Crippen LogP contribution in [-0.4, -0.2) is 32.7 Å². The molecule has 19 heavy (non-hydrogen) atoms. The van der Waals surface area contributed by atoms with Crippen LogP contribution >= 0.6 is 0 Å². The second-order valence-electron chi connectivity index (χ2n) is 4.97. The Bertz CT molecular complexity index is 570. The minimum atomic E-state index is -1.19. The number of aryl methyl sites for hydroxylation is 1. The summed E-state index contributed by atoms with van der Waals surface area (Å²) >= 11 is 0. The molecule has 1 N–H and O–H groups in total. The topological polar surface area (TPSA) is 92.5 Å². The Morgan fingerprint density at radius 1 is 1.32 bits per heavy atom. The fourth-order valence-corrected chi connectivity index (χ4v) is 3.05. The highest BCUT2D eigenvalue weighted by atomic mass is 16.4. The molecule has 0 radical (unpaired) electrons. The summed E-state index contributed by atoms with van der Waals surface area (Å²) in [7, 11) is 1.52. The zero-order valence-corrected chi connectivity index (χ0v) is 10.4. The van der Waals surface area contributed by atoms with E-state index in [4.69, 9.17) is 5.11 Å². The van der Waals surface area contributed by atoms with Crippen LogP contribution in [-0.2, 0) is 16.6 Å². The molecule has 0 aromatic carbocycles. The lowest BCUT2D eigenvalue weighted by molar-refractivity contribution is -0.122. The third-order valence-corrected chi connectivity index (χ3v) is 3.94. The Morgan fingerprint density at radius 2 is 1.89 bits per heavy atom. The third kappa shape index (κ3) is 1.50. The van der Waals surface area contributed by atoms with Gasteiger partial charge < -0.3 is 5.11 Å². The first kappa shape index (κ1) is 11.9. The maximum Gasteiger partial charge on any atom is 0.341 e. The van der Waals surface area contributed by atoms with Crippen LogP contribution in [0.25, 0.3) is 0 Å². The highest BCUT2D eigenvalue weighted by molar-refractivity contribution is 6.23. The summed E-state index contributed by atoms with van der Waals surface area (Å²) < 4.78 is 1.26. The molecule has 1 saturated heterocycles. The number of amides is 2. The van der Waals surface area contributed by atoms with Crippen molar-refractivity contribution in [3.63, 3.8) is 0 Å². The van der Waals surface area contributed by atoms with Crippen LogP contribution in [0.4, 0.5) is 5.82 Å². The quantitative estimate of drug-likeness (QED) is 0.780. The number of carboxylic acid groups (broad SMARTS) is 1. The molecule has 2 amide bonds. The standard InChI is InChI=1S/C12H13N3O4/c1-14-9(8(5-13-14)12(18)19)15-10(16)6-3-2-4-7(6)11(15)17/h5-7H,2-4H2,1H3,(H,18,19). The summed E-state index contributed by atoms with van der Waals surface area (Å²) in [5, 5.41) is 12.9. The monoisotopic (exact) mass is 263 g/mol. The van der Waals surface area contributed by atoms with E-state index in [0.717, 1.165) is 17.5 Å². The molecule has 2 unspecified atom stereocenters. The van der Waals surface area contributed by atoms with Crippen LogP contribution in [0.5, 0.6) is 0 Å². The molecule has 2 fully saturated rings. The molecule has 1 aliphatic heterocycles. The van der Waals surface area contributed by atoms with E-state index in [0.29, 0.717) is 12.8 Å². The maximum atomic E-state index is 12.3. The lowest BCUT2D eigenvalue weighted by atomic mass is 10.00. The van der Waals surface area contributed by atoms with Gasteiger partial charge in [0.1, 0.15) is 5.56 Å². The van der Waals surface area contributed by atoms with E-state index in [1.807, 2.05) is 0 Å². The van der Waals surface area contributed by atoms with Crippen LogP contribution in [0.15, 0.2) is 6.20 Å². The molecule has 1 aromatic rings. The van der Waals surface area contributed by atoms with Gasteiger partial charge in [-0.25, -0.2) is 9.69 Å². The Balaban J connectivity index is 2.08. The number of nitrogens with zero attached hydrogens (tertiary/aromatic N) is 3. The van der Waals surface area contributed by atoms with E-state index >= 15 is 0 Å². The predicted molar refractivity (Wildman–Crippen MR) is 63.5 cm³/mol.